The van der Waals surface area contributed by atoms with Crippen LogP contribution in [0.15, 0.2) is 59.6 Å². The first-order valence-corrected chi connectivity index (χ1v) is 15.9. The summed E-state index contributed by atoms with van der Waals surface area (Å²) in [4.78, 5) is 17.2. The van der Waals surface area contributed by atoms with Crippen molar-refractivity contribution in [2.75, 3.05) is 16.3 Å². The predicted molar refractivity (Wildman–Crippen MR) is 166 cm³/mol. The number of amides is 1. The molecule has 2 heterocycles. The Bertz CT molecular complexity index is 1520. The Balaban J connectivity index is 0.000000352. The number of pyridine rings is 1. The Kier molecular flexibility index (Phi) is 11.6. The number of terminal acetylenes is 1. The summed E-state index contributed by atoms with van der Waals surface area (Å²) in [6.45, 7) is 10.1. The van der Waals surface area contributed by atoms with Gasteiger partial charge in [-0.2, -0.15) is 0 Å². The summed E-state index contributed by atoms with van der Waals surface area (Å²) in [7, 11) is -4.71. The molecule has 41 heavy (non-hydrogen) atoms. The number of sulfonamides is 1. The van der Waals surface area contributed by atoms with Crippen molar-refractivity contribution in [3.8, 4) is 18.7 Å². The minimum atomic E-state index is -3.53. The van der Waals surface area contributed by atoms with E-state index in [4.69, 9.17) is 9.88 Å². The molecule has 1 aromatic heterocycles. The van der Waals surface area contributed by atoms with E-state index in [2.05, 4.69) is 34.8 Å². The molecule has 9 nitrogen and oxygen atoms in total. The molecule has 0 saturated carbocycles. The number of nitrogens with two attached hydrogens (primary N) is 1. The van der Waals surface area contributed by atoms with Gasteiger partial charge in [-0.1, -0.05) is 32.0 Å². The van der Waals surface area contributed by atoms with Gasteiger partial charge in [0.05, 0.1) is 16.1 Å². The molecule has 2 unspecified atom stereocenters. The van der Waals surface area contributed by atoms with Crippen LogP contribution in [0.4, 0.5) is 11.4 Å². The van der Waals surface area contributed by atoms with Crippen LogP contribution < -0.4 is 19.9 Å². The van der Waals surface area contributed by atoms with Gasteiger partial charge in [0.25, 0.3) is 5.91 Å². The van der Waals surface area contributed by atoms with Crippen LogP contribution in [0.3, 0.4) is 0 Å². The van der Waals surface area contributed by atoms with E-state index in [9.17, 15) is 17.4 Å². The van der Waals surface area contributed by atoms with Gasteiger partial charge in [0.1, 0.15) is 16.6 Å². The third-order valence-electron chi connectivity index (χ3n) is 6.25. The maximum Gasteiger partial charge on any atom is 0.257 e. The third-order valence-corrected chi connectivity index (χ3v) is 7.69. The number of ether oxygens (including phenoxy) is 1. The first-order valence-electron chi connectivity index (χ1n) is 12.8. The zero-order valence-electron chi connectivity index (χ0n) is 24.2. The van der Waals surface area contributed by atoms with Crippen LogP contribution in [0.25, 0.3) is 0 Å². The first kappa shape index (κ1) is 33.5. The number of fused-ring (bicyclic) bond motifs is 1. The van der Waals surface area contributed by atoms with Crippen LogP contribution in [0.2, 0.25) is 0 Å². The monoisotopic (exact) mass is 598 g/mol. The topological polar surface area (TPSA) is 140 Å². The largest absolute Gasteiger partial charge is 0.471 e. The summed E-state index contributed by atoms with van der Waals surface area (Å²) in [6, 6.07) is 13.9. The zero-order chi connectivity index (χ0) is 31.0. The molecule has 2 aromatic carbocycles. The second-order valence-corrected chi connectivity index (χ2v) is 12.8. The Morgan fingerprint density at radius 2 is 1.80 bits per heavy atom. The summed E-state index contributed by atoms with van der Waals surface area (Å²) in [5.74, 6) is 0.621. The van der Waals surface area contributed by atoms with Crippen LogP contribution in [0.1, 0.15) is 67.1 Å². The van der Waals surface area contributed by atoms with Crippen LogP contribution in [0.5, 0.6) is 5.88 Å². The van der Waals surface area contributed by atoms with Crippen molar-refractivity contribution >= 4 is 38.3 Å². The van der Waals surface area contributed by atoms with Crippen molar-refractivity contribution in [2.24, 2.45) is 5.14 Å². The number of rotatable bonds is 6. The van der Waals surface area contributed by atoms with E-state index in [0.717, 1.165) is 35.2 Å². The van der Waals surface area contributed by atoms with Crippen LogP contribution >= 0.6 is 0 Å². The fourth-order valence-electron chi connectivity index (χ4n) is 4.27. The number of hydrogen-bond acceptors (Lipinski definition) is 6. The minimum Gasteiger partial charge on any atom is -0.471 e. The molecule has 0 saturated heterocycles. The van der Waals surface area contributed by atoms with E-state index in [1.807, 2.05) is 45.9 Å². The van der Waals surface area contributed by atoms with E-state index in [0.29, 0.717) is 17.1 Å². The van der Waals surface area contributed by atoms with Crippen molar-refractivity contribution in [1.29, 1.82) is 0 Å². The van der Waals surface area contributed by atoms with Gasteiger partial charge in [0, 0.05) is 23.7 Å². The molecule has 0 aliphatic carbocycles. The molecule has 220 valence electrons. The summed E-state index contributed by atoms with van der Waals surface area (Å²) in [5, 5.41) is 7.80. The number of nitrogens with zero attached hydrogens (tertiary/aromatic N) is 1. The Morgan fingerprint density at radius 1 is 1.17 bits per heavy atom. The standard InChI is InChI=1S/C20H25N3O3S.C8H11NO2S.C2H2/c1-12-6-7-15(9-17(12)23-27(5)25)22-18(24)14-8-16-13(2)10-20(3,4)26-19(16)21-11-14;1-2-7-3-5-8(6-4-7)12(9,10)11;1-2/h6-9,11,13,23H,10H2,1-5H3,(H,22,24);3-6H,2H2,1H3,(H2,9,10,11);1-2H. The van der Waals surface area contributed by atoms with Crippen molar-refractivity contribution < 1.29 is 22.2 Å². The molecule has 1 aliphatic rings. The molecular formula is C30H38N4O5S2. The molecule has 4 N–H and O–H groups in total. The van der Waals surface area contributed by atoms with Gasteiger partial charge in [-0.15, -0.1) is 12.8 Å². The molecule has 1 amide bonds. The molecule has 3 aromatic rings. The highest BCUT2D eigenvalue weighted by Gasteiger charge is 2.32. The molecular weight excluding hydrogens is 560 g/mol. The van der Waals surface area contributed by atoms with Crippen LogP contribution in [-0.2, 0) is 27.4 Å². The van der Waals surface area contributed by atoms with Gasteiger partial charge in [-0.05, 0) is 81.0 Å². The lowest BCUT2D eigenvalue weighted by molar-refractivity contribution is 0.0683. The number of nitrogens with one attached hydrogen (secondary N) is 2. The second-order valence-electron chi connectivity index (χ2n) is 10.2. The van der Waals surface area contributed by atoms with Gasteiger partial charge in [0.15, 0.2) is 0 Å². The Hall–Kier alpha value is -3.72. The summed E-state index contributed by atoms with van der Waals surface area (Å²) in [6.07, 6.45) is 12.9. The quantitative estimate of drug-likeness (QED) is 0.335. The van der Waals surface area contributed by atoms with E-state index in [-0.39, 0.29) is 22.3 Å². The number of carbonyl (C=O) groups is 1. The molecule has 0 spiro atoms. The van der Waals surface area contributed by atoms with E-state index >= 15 is 0 Å². The minimum absolute atomic E-state index is 0.166. The number of hydrogen-bond donors (Lipinski definition) is 3. The molecule has 0 radical (unpaired) electrons. The van der Waals surface area contributed by atoms with E-state index in [1.165, 1.54) is 18.3 Å². The second kappa shape index (κ2) is 14.3. The lowest BCUT2D eigenvalue weighted by atomic mass is 9.86. The normalized spacial score (nSPS) is 15.8. The summed E-state index contributed by atoms with van der Waals surface area (Å²) < 4.78 is 41.8. The van der Waals surface area contributed by atoms with Crippen molar-refractivity contribution in [2.45, 2.75) is 63.9 Å². The number of aryl methyl sites for hydroxylation is 2. The summed E-state index contributed by atoms with van der Waals surface area (Å²) >= 11 is 0. The fraction of sp³-hybridized carbons (Fsp3) is 0.333. The lowest BCUT2D eigenvalue weighted by Gasteiger charge is -2.35. The Labute approximate surface area is 245 Å². The predicted octanol–water partition coefficient (Wildman–Crippen LogP) is 5.16. The van der Waals surface area contributed by atoms with Gasteiger partial charge in [-0.3, -0.25) is 4.79 Å². The van der Waals surface area contributed by atoms with Crippen molar-refractivity contribution in [1.82, 2.24) is 4.98 Å². The van der Waals surface area contributed by atoms with Gasteiger partial charge >= 0.3 is 0 Å². The average Bonchev–Trinajstić information content (AvgIpc) is 2.90. The zero-order valence-corrected chi connectivity index (χ0v) is 25.9. The number of anilines is 2. The maximum absolute atomic E-state index is 12.7. The molecule has 2 atom stereocenters. The number of aromatic nitrogens is 1. The van der Waals surface area contributed by atoms with Crippen molar-refractivity contribution in [3.63, 3.8) is 0 Å². The van der Waals surface area contributed by atoms with Gasteiger partial charge < -0.3 is 14.8 Å². The Morgan fingerprint density at radius 3 is 2.37 bits per heavy atom. The molecule has 11 heteroatoms. The first-order chi connectivity index (χ1) is 19.2. The van der Waals surface area contributed by atoms with Crippen molar-refractivity contribution in [3.05, 3.63) is 77.0 Å². The van der Waals surface area contributed by atoms with E-state index in [1.54, 1.807) is 24.5 Å². The lowest BCUT2D eigenvalue weighted by Crippen LogP contribution is -2.34. The molecule has 1 aliphatic heterocycles. The summed E-state index contributed by atoms with van der Waals surface area (Å²) in [5.41, 5.74) is 4.58. The van der Waals surface area contributed by atoms with Gasteiger partial charge in [0.2, 0.25) is 15.9 Å². The van der Waals surface area contributed by atoms with Gasteiger partial charge in [-0.25, -0.2) is 22.7 Å². The highest BCUT2D eigenvalue weighted by Crippen LogP contribution is 2.39. The average molecular weight is 599 g/mol. The van der Waals surface area contributed by atoms with Crippen LogP contribution in [-0.4, -0.2) is 35.4 Å². The maximum atomic E-state index is 12.7. The molecule has 4 rings (SSSR count). The molecule has 0 bridgehead atoms. The number of carbonyl (C=O) groups excluding carboxylic acids is 1. The van der Waals surface area contributed by atoms with Crippen LogP contribution in [0, 0.1) is 19.8 Å². The molecule has 0 fully saturated rings. The SMILES string of the molecule is C#C.CCc1ccc(S(N)(=O)=O)cc1.Cc1ccc(NC(=O)c2cnc3c(c2)C(C)CC(C)(C)O3)cc1NS(C)=O. The third kappa shape index (κ3) is 9.70. The number of benzene rings is 2. The highest BCUT2D eigenvalue weighted by molar-refractivity contribution is 7.89. The van der Waals surface area contributed by atoms with E-state index < -0.39 is 21.0 Å². The fourth-order valence-corrected chi connectivity index (χ4v) is 5.31. The number of primary sulfonamides is 1. The smallest absolute Gasteiger partial charge is 0.257 e. The highest BCUT2D eigenvalue weighted by atomic mass is 32.2.